The van der Waals surface area contributed by atoms with Gasteiger partial charge in [-0.1, -0.05) is 27.7 Å². The topological polar surface area (TPSA) is 64.3 Å². The van der Waals surface area contributed by atoms with Gasteiger partial charge in [0, 0.05) is 6.61 Å². The molecule has 1 amide bonds. The predicted octanol–water partition coefficient (Wildman–Crippen LogP) is 1.29. The zero-order valence-corrected chi connectivity index (χ0v) is 11.0. The van der Waals surface area contributed by atoms with Gasteiger partial charge in [0.2, 0.25) is 5.91 Å². The Bertz CT molecular complexity index is 200. The lowest BCUT2D eigenvalue weighted by atomic mass is 9.93. The summed E-state index contributed by atoms with van der Waals surface area (Å²) in [7, 11) is 0. The van der Waals surface area contributed by atoms with Crippen LogP contribution in [-0.4, -0.2) is 31.7 Å². The lowest BCUT2D eigenvalue weighted by Crippen LogP contribution is -2.45. The highest BCUT2D eigenvalue weighted by Crippen LogP contribution is 2.17. The maximum absolute atomic E-state index is 11.1. The summed E-state index contributed by atoms with van der Waals surface area (Å²) in [5, 5.41) is 3.07. The molecule has 3 N–H and O–H groups in total. The van der Waals surface area contributed by atoms with Crippen molar-refractivity contribution >= 4 is 5.91 Å². The third-order valence-electron chi connectivity index (χ3n) is 2.27. The van der Waals surface area contributed by atoms with Gasteiger partial charge in [-0.05, 0) is 24.8 Å². The van der Waals surface area contributed by atoms with Crippen LogP contribution in [0.25, 0.3) is 0 Å². The molecule has 0 aromatic heterocycles. The first kappa shape index (κ1) is 15.4. The van der Waals surface area contributed by atoms with Crippen LogP contribution in [-0.2, 0) is 9.53 Å². The van der Waals surface area contributed by atoms with Gasteiger partial charge in [0.25, 0.3) is 0 Å². The second kappa shape index (κ2) is 7.63. The number of hydrogen-bond donors (Lipinski definition) is 2. The zero-order chi connectivity index (χ0) is 12.6. The maximum Gasteiger partial charge on any atom is 0.236 e. The highest BCUT2D eigenvalue weighted by Gasteiger charge is 2.15. The van der Waals surface area contributed by atoms with E-state index in [4.69, 9.17) is 10.5 Å². The van der Waals surface area contributed by atoms with Crippen LogP contribution in [0.15, 0.2) is 0 Å². The van der Waals surface area contributed by atoms with Crippen LogP contribution in [0.3, 0.4) is 0 Å². The molecule has 0 aromatic rings. The second-order valence-corrected chi connectivity index (χ2v) is 5.29. The van der Waals surface area contributed by atoms with E-state index in [1.807, 2.05) is 6.92 Å². The van der Waals surface area contributed by atoms with Gasteiger partial charge in [-0.25, -0.2) is 0 Å². The van der Waals surface area contributed by atoms with Crippen LogP contribution in [0.4, 0.5) is 0 Å². The molecule has 0 fully saturated rings. The molecule has 0 saturated carbocycles. The van der Waals surface area contributed by atoms with E-state index in [9.17, 15) is 4.79 Å². The summed E-state index contributed by atoms with van der Waals surface area (Å²) < 4.78 is 5.47. The molecule has 0 spiro atoms. The van der Waals surface area contributed by atoms with Crippen molar-refractivity contribution in [3.63, 3.8) is 0 Å². The normalized spacial score (nSPS) is 13.8. The number of hydrogen-bond acceptors (Lipinski definition) is 3. The molecule has 0 saturated heterocycles. The van der Waals surface area contributed by atoms with Crippen LogP contribution < -0.4 is 11.1 Å². The summed E-state index contributed by atoms with van der Waals surface area (Å²) >= 11 is 0. The van der Waals surface area contributed by atoms with Crippen molar-refractivity contribution in [2.24, 2.45) is 11.1 Å². The minimum absolute atomic E-state index is 0.263. The molecule has 0 aliphatic carbocycles. The van der Waals surface area contributed by atoms with Crippen molar-refractivity contribution in [2.75, 3.05) is 19.8 Å². The maximum atomic E-state index is 11.1. The van der Waals surface area contributed by atoms with E-state index in [0.717, 1.165) is 19.4 Å². The fourth-order valence-corrected chi connectivity index (χ4v) is 1.14. The Labute approximate surface area is 98.9 Å². The number of nitrogens with one attached hydrogen (secondary N) is 1. The van der Waals surface area contributed by atoms with Gasteiger partial charge in [-0.3, -0.25) is 4.79 Å². The molecule has 4 heteroatoms. The van der Waals surface area contributed by atoms with Crippen molar-refractivity contribution in [1.82, 2.24) is 5.32 Å². The summed E-state index contributed by atoms with van der Waals surface area (Å²) in [5.41, 5.74) is 5.53. The standard InChI is InChI=1S/C12H26N2O2/c1-5-7-14-10(11(13)15)9-16-8-6-12(2,3)4/h10,14H,5-9H2,1-4H3,(H2,13,15). The first-order valence-electron chi connectivity index (χ1n) is 5.97. The van der Waals surface area contributed by atoms with E-state index in [1.54, 1.807) is 0 Å². The lowest BCUT2D eigenvalue weighted by Gasteiger charge is -2.19. The molecule has 4 nitrogen and oxygen atoms in total. The van der Waals surface area contributed by atoms with Crippen molar-refractivity contribution < 1.29 is 9.53 Å². The molecule has 0 bridgehead atoms. The molecular weight excluding hydrogens is 204 g/mol. The van der Waals surface area contributed by atoms with Gasteiger partial charge in [0.05, 0.1) is 6.61 Å². The summed E-state index contributed by atoms with van der Waals surface area (Å²) in [6.07, 6.45) is 1.96. The molecule has 96 valence electrons. The van der Waals surface area contributed by atoms with Gasteiger partial charge in [0.15, 0.2) is 0 Å². The summed E-state index contributed by atoms with van der Waals surface area (Å²) in [6, 6.07) is -0.361. The van der Waals surface area contributed by atoms with Crippen molar-refractivity contribution in [3.8, 4) is 0 Å². The fourth-order valence-electron chi connectivity index (χ4n) is 1.14. The molecule has 0 heterocycles. The number of nitrogens with two attached hydrogens (primary N) is 1. The van der Waals surface area contributed by atoms with Crippen molar-refractivity contribution in [3.05, 3.63) is 0 Å². The van der Waals surface area contributed by atoms with Crippen molar-refractivity contribution in [1.29, 1.82) is 0 Å². The summed E-state index contributed by atoms with van der Waals surface area (Å²) in [4.78, 5) is 11.1. The number of carbonyl (C=O) groups is 1. The highest BCUT2D eigenvalue weighted by molar-refractivity contribution is 5.79. The molecule has 0 radical (unpaired) electrons. The molecule has 1 atom stereocenters. The van der Waals surface area contributed by atoms with Gasteiger partial charge < -0.3 is 15.8 Å². The molecule has 0 rings (SSSR count). The van der Waals surface area contributed by atoms with E-state index < -0.39 is 0 Å². The molecule has 0 aromatic carbocycles. The van der Waals surface area contributed by atoms with Crippen molar-refractivity contribution in [2.45, 2.75) is 46.6 Å². The van der Waals surface area contributed by atoms with Crippen LogP contribution in [0.1, 0.15) is 40.5 Å². The average molecular weight is 230 g/mol. The fraction of sp³-hybridized carbons (Fsp3) is 0.917. The number of rotatable bonds is 8. The monoisotopic (exact) mass is 230 g/mol. The second-order valence-electron chi connectivity index (χ2n) is 5.29. The third kappa shape index (κ3) is 8.68. The minimum Gasteiger partial charge on any atom is -0.379 e. The number of primary amides is 1. The quantitative estimate of drug-likeness (QED) is 0.618. The molecule has 16 heavy (non-hydrogen) atoms. The SMILES string of the molecule is CCCNC(COCCC(C)(C)C)C(N)=O. The van der Waals surface area contributed by atoms with Gasteiger partial charge in [-0.2, -0.15) is 0 Å². The first-order valence-corrected chi connectivity index (χ1v) is 5.97. The van der Waals surface area contributed by atoms with E-state index in [0.29, 0.717) is 13.2 Å². The largest absolute Gasteiger partial charge is 0.379 e. The van der Waals surface area contributed by atoms with Gasteiger partial charge >= 0.3 is 0 Å². The van der Waals surface area contributed by atoms with E-state index in [1.165, 1.54) is 0 Å². The Morgan fingerprint density at radius 3 is 2.50 bits per heavy atom. The third-order valence-corrected chi connectivity index (χ3v) is 2.27. The number of ether oxygens (including phenoxy) is 1. The average Bonchev–Trinajstić information content (AvgIpc) is 2.14. The van der Waals surface area contributed by atoms with Crippen LogP contribution in [0, 0.1) is 5.41 Å². The molecule has 1 unspecified atom stereocenters. The Balaban J connectivity index is 3.72. The molecular formula is C12H26N2O2. The van der Waals surface area contributed by atoms with Gasteiger partial charge in [-0.15, -0.1) is 0 Å². The summed E-state index contributed by atoms with van der Waals surface area (Å²) in [5.74, 6) is -0.343. The van der Waals surface area contributed by atoms with E-state index in [2.05, 4.69) is 26.1 Å². The minimum atomic E-state index is -0.361. The number of amides is 1. The Morgan fingerprint density at radius 1 is 1.44 bits per heavy atom. The van der Waals surface area contributed by atoms with Gasteiger partial charge in [0.1, 0.15) is 6.04 Å². The van der Waals surface area contributed by atoms with Crippen LogP contribution in [0.5, 0.6) is 0 Å². The van der Waals surface area contributed by atoms with E-state index in [-0.39, 0.29) is 17.4 Å². The smallest absolute Gasteiger partial charge is 0.236 e. The lowest BCUT2D eigenvalue weighted by molar-refractivity contribution is -0.121. The Morgan fingerprint density at radius 2 is 2.06 bits per heavy atom. The van der Waals surface area contributed by atoms with Crippen LogP contribution >= 0.6 is 0 Å². The summed E-state index contributed by atoms with van der Waals surface area (Å²) in [6.45, 7) is 10.4. The molecule has 0 aliphatic heterocycles. The predicted molar refractivity (Wildman–Crippen MR) is 66.2 cm³/mol. The Hall–Kier alpha value is -0.610. The first-order chi connectivity index (χ1) is 7.37. The molecule has 0 aliphatic rings. The highest BCUT2D eigenvalue weighted by atomic mass is 16.5. The number of carbonyl (C=O) groups excluding carboxylic acids is 1. The van der Waals surface area contributed by atoms with E-state index >= 15 is 0 Å². The zero-order valence-electron chi connectivity index (χ0n) is 11.0. The van der Waals surface area contributed by atoms with Crippen LogP contribution in [0.2, 0.25) is 0 Å². The Kier molecular flexibility index (Phi) is 7.34.